The predicted molar refractivity (Wildman–Crippen MR) is 82.8 cm³/mol. The number of thioether (sulfide) groups is 1. The van der Waals surface area contributed by atoms with Gasteiger partial charge in [-0.2, -0.15) is 0 Å². The van der Waals surface area contributed by atoms with E-state index in [-0.39, 0.29) is 0 Å². The lowest BCUT2D eigenvalue weighted by molar-refractivity contribution is 0.128. The Balaban J connectivity index is 2.01. The molecule has 2 aromatic rings. The summed E-state index contributed by atoms with van der Waals surface area (Å²) in [6.45, 7) is 2.95. The SMILES string of the molecule is CCOCc1nc(N)cc(SCc2ccc(Cl)cc2)n1. The van der Waals surface area contributed by atoms with Crippen molar-refractivity contribution in [1.29, 1.82) is 0 Å². The summed E-state index contributed by atoms with van der Waals surface area (Å²) in [4.78, 5) is 8.57. The number of hydrogen-bond donors (Lipinski definition) is 1. The summed E-state index contributed by atoms with van der Waals surface area (Å²) in [6, 6.07) is 9.54. The van der Waals surface area contributed by atoms with Gasteiger partial charge in [-0.25, -0.2) is 9.97 Å². The van der Waals surface area contributed by atoms with Gasteiger partial charge in [0.15, 0.2) is 5.82 Å². The molecule has 1 aromatic carbocycles. The number of nitrogens with zero attached hydrogens (tertiary/aromatic N) is 2. The monoisotopic (exact) mass is 309 g/mol. The number of ether oxygens (including phenoxy) is 1. The van der Waals surface area contributed by atoms with Crippen molar-refractivity contribution in [3.63, 3.8) is 0 Å². The molecule has 106 valence electrons. The molecule has 0 unspecified atom stereocenters. The molecule has 6 heteroatoms. The van der Waals surface area contributed by atoms with Crippen LogP contribution in [0.4, 0.5) is 5.82 Å². The van der Waals surface area contributed by atoms with E-state index >= 15 is 0 Å². The van der Waals surface area contributed by atoms with Crippen molar-refractivity contribution < 1.29 is 4.74 Å². The standard InChI is InChI=1S/C14H16ClN3OS/c1-2-19-8-13-17-12(16)7-14(18-13)20-9-10-3-5-11(15)6-4-10/h3-7H,2,8-9H2,1H3,(H2,16,17,18). The number of benzene rings is 1. The van der Waals surface area contributed by atoms with Gasteiger partial charge in [-0.05, 0) is 24.6 Å². The summed E-state index contributed by atoms with van der Waals surface area (Å²) < 4.78 is 5.30. The molecule has 1 aromatic heterocycles. The molecule has 0 spiro atoms. The number of nitrogens with two attached hydrogens (primary N) is 1. The molecule has 2 N–H and O–H groups in total. The van der Waals surface area contributed by atoms with Gasteiger partial charge in [0.2, 0.25) is 0 Å². The molecule has 0 radical (unpaired) electrons. The highest BCUT2D eigenvalue weighted by molar-refractivity contribution is 7.98. The lowest BCUT2D eigenvalue weighted by atomic mass is 10.2. The summed E-state index contributed by atoms with van der Waals surface area (Å²) in [5.41, 5.74) is 6.97. The Morgan fingerprint density at radius 3 is 2.70 bits per heavy atom. The van der Waals surface area contributed by atoms with Gasteiger partial charge in [0.05, 0.1) is 0 Å². The molecule has 0 amide bonds. The second-order valence-corrected chi connectivity index (χ2v) is 5.53. The first-order valence-corrected chi connectivity index (χ1v) is 7.62. The van der Waals surface area contributed by atoms with E-state index in [4.69, 9.17) is 22.1 Å². The van der Waals surface area contributed by atoms with Crippen molar-refractivity contribution in [3.05, 3.63) is 46.7 Å². The number of hydrogen-bond acceptors (Lipinski definition) is 5. The smallest absolute Gasteiger partial charge is 0.157 e. The van der Waals surface area contributed by atoms with Crippen LogP contribution in [0.3, 0.4) is 0 Å². The van der Waals surface area contributed by atoms with Crippen molar-refractivity contribution in [3.8, 4) is 0 Å². The molecule has 4 nitrogen and oxygen atoms in total. The zero-order valence-corrected chi connectivity index (χ0v) is 12.7. The van der Waals surface area contributed by atoms with E-state index in [0.29, 0.717) is 24.9 Å². The van der Waals surface area contributed by atoms with Crippen LogP contribution in [-0.2, 0) is 17.1 Å². The van der Waals surface area contributed by atoms with Crippen molar-refractivity contribution in [2.75, 3.05) is 12.3 Å². The van der Waals surface area contributed by atoms with Crippen LogP contribution in [0.2, 0.25) is 5.02 Å². The Kier molecular flexibility index (Phi) is 5.64. The number of halogens is 1. The first-order chi connectivity index (χ1) is 9.67. The summed E-state index contributed by atoms with van der Waals surface area (Å²) >= 11 is 7.47. The van der Waals surface area contributed by atoms with E-state index in [1.165, 1.54) is 5.56 Å². The molecular weight excluding hydrogens is 294 g/mol. The van der Waals surface area contributed by atoms with Gasteiger partial charge < -0.3 is 10.5 Å². The lowest BCUT2D eigenvalue weighted by Crippen LogP contribution is -2.03. The molecule has 0 atom stereocenters. The second-order valence-electron chi connectivity index (χ2n) is 4.10. The largest absolute Gasteiger partial charge is 0.384 e. The molecule has 0 aliphatic carbocycles. The molecule has 0 saturated heterocycles. The quantitative estimate of drug-likeness (QED) is 0.653. The summed E-state index contributed by atoms with van der Waals surface area (Å²) in [5, 5.41) is 1.59. The fraction of sp³-hybridized carbons (Fsp3) is 0.286. The van der Waals surface area contributed by atoms with Crippen molar-refractivity contribution >= 4 is 29.2 Å². The van der Waals surface area contributed by atoms with Gasteiger partial charge in [0.1, 0.15) is 17.5 Å². The summed E-state index contributed by atoms with van der Waals surface area (Å²) in [6.07, 6.45) is 0. The molecule has 0 fully saturated rings. The molecule has 0 saturated carbocycles. The minimum atomic E-state index is 0.385. The van der Waals surface area contributed by atoms with Crippen molar-refractivity contribution in [2.24, 2.45) is 0 Å². The second kappa shape index (κ2) is 7.47. The number of anilines is 1. The zero-order valence-electron chi connectivity index (χ0n) is 11.2. The van der Waals surface area contributed by atoms with Gasteiger partial charge in [-0.3, -0.25) is 0 Å². The number of aromatic nitrogens is 2. The van der Waals surface area contributed by atoms with Gasteiger partial charge in [-0.15, -0.1) is 11.8 Å². The van der Waals surface area contributed by atoms with Crippen LogP contribution in [0.25, 0.3) is 0 Å². The van der Waals surface area contributed by atoms with Crippen molar-refractivity contribution in [2.45, 2.75) is 24.3 Å². The maximum absolute atomic E-state index is 5.86. The highest BCUT2D eigenvalue weighted by Crippen LogP contribution is 2.23. The molecule has 2 rings (SSSR count). The zero-order chi connectivity index (χ0) is 14.4. The van der Waals surface area contributed by atoms with E-state index in [1.807, 2.05) is 31.2 Å². The number of rotatable bonds is 6. The lowest BCUT2D eigenvalue weighted by Gasteiger charge is -2.06. The first-order valence-electron chi connectivity index (χ1n) is 6.26. The van der Waals surface area contributed by atoms with E-state index in [1.54, 1.807) is 17.8 Å². The highest BCUT2D eigenvalue weighted by Gasteiger charge is 2.04. The number of nitrogen functional groups attached to an aromatic ring is 1. The van der Waals surface area contributed by atoms with E-state index in [0.717, 1.165) is 15.8 Å². The van der Waals surface area contributed by atoms with Crippen LogP contribution >= 0.6 is 23.4 Å². The fourth-order valence-corrected chi connectivity index (χ4v) is 2.57. The molecular formula is C14H16ClN3OS. The van der Waals surface area contributed by atoms with Crippen LogP contribution in [-0.4, -0.2) is 16.6 Å². The molecule has 0 bridgehead atoms. The Morgan fingerprint density at radius 2 is 2.00 bits per heavy atom. The Morgan fingerprint density at radius 1 is 1.25 bits per heavy atom. The van der Waals surface area contributed by atoms with Crippen molar-refractivity contribution in [1.82, 2.24) is 9.97 Å². The Labute approximate surface area is 127 Å². The molecule has 1 heterocycles. The van der Waals surface area contributed by atoms with Crippen LogP contribution in [0, 0.1) is 0 Å². The van der Waals surface area contributed by atoms with Gasteiger partial charge in [-0.1, -0.05) is 23.7 Å². The Bertz CT molecular complexity index is 563. The first kappa shape index (κ1) is 15.1. The van der Waals surface area contributed by atoms with Gasteiger partial charge in [0.25, 0.3) is 0 Å². The third-order valence-electron chi connectivity index (χ3n) is 2.50. The average Bonchev–Trinajstić information content (AvgIpc) is 2.44. The summed E-state index contributed by atoms with van der Waals surface area (Å²) in [5.74, 6) is 1.89. The minimum absolute atomic E-state index is 0.385. The van der Waals surface area contributed by atoms with Crippen LogP contribution in [0.5, 0.6) is 0 Å². The van der Waals surface area contributed by atoms with E-state index < -0.39 is 0 Å². The third-order valence-corrected chi connectivity index (χ3v) is 3.74. The van der Waals surface area contributed by atoms with Crippen LogP contribution in [0.1, 0.15) is 18.3 Å². The van der Waals surface area contributed by atoms with Gasteiger partial charge in [0, 0.05) is 23.4 Å². The molecule has 20 heavy (non-hydrogen) atoms. The fourth-order valence-electron chi connectivity index (χ4n) is 1.56. The van der Waals surface area contributed by atoms with E-state index in [2.05, 4.69) is 9.97 Å². The minimum Gasteiger partial charge on any atom is -0.384 e. The van der Waals surface area contributed by atoms with E-state index in [9.17, 15) is 0 Å². The highest BCUT2D eigenvalue weighted by atomic mass is 35.5. The third kappa shape index (κ3) is 4.67. The normalized spacial score (nSPS) is 10.7. The van der Waals surface area contributed by atoms with Gasteiger partial charge >= 0.3 is 0 Å². The maximum atomic E-state index is 5.86. The average molecular weight is 310 g/mol. The van der Waals surface area contributed by atoms with Crippen LogP contribution < -0.4 is 5.73 Å². The molecule has 0 aliphatic rings. The Hall–Kier alpha value is -1.30. The maximum Gasteiger partial charge on any atom is 0.157 e. The van der Waals surface area contributed by atoms with Crippen LogP contribution in [0.15, 0.2) is 35.4 Å². The topological polar surface area (TPSA) is 61.0 Å². The predicted octanol–water partition coefficient (Wildman–Crippen LogP) is 3.54. The summed E-state index contributed by atoms with van der Waals surface area (Å²) in [7, 11) is 0. The molecule has 0 aliphatic heterocycles.